The van der Waals surface area contributed by atoms with E-state index in [1.165, 1.54) is 24.2 Å². The minimum atomic E-state index is -0.960. The molecule has 2 fully saturated rings. The molecule has 1 atom stereocenters. The van der Waals surface area contributed by atoms with Crippen LogP contribution in [0.3, 0.4) is 0 Å². The highest BCUT2D eigenvalue weighted by Crippen LogP contribution is 2.20. The summed E-state index contributed by atoms with van der Waals surface area (Å²) in [7, 11) is 0. The number of carboxylic acid groups (broad SMARTS) is 1. The zero-order chi connectivity index (χ0) is 17.9. The van der Waals surface area contributed by atoms with E-state index in [1.807, 2.05) is 13.8 Å². The van der Waals surface area contributed by atoms with Gasteiger partial charge in [-0.2, -0.15) is 0 Å². The molecule has 6 heteroatoms. The highest BCUT2D eigenvalue weighted by molar-refractivity contribution is 5.80. The van der Waals surface area contributed by atoms with E-state index in [-0.39, 0.29) is 0 Å². The van der Waals surface area contributed by atoms with Gasteiger partial charge in [-0.3, -0.25) is 4.90 Å². The summed E-state index contributed by atoms with van der Waals surface area (Å²) >= 11 is 0. The van der Waals surface area contributed by atoms with Gasteiger partial charge in [0.1, 0.15) is 11.6 Å². The quantitative estimate of drug-likeness (QED) is 0.793. The molecule has 0 aliphatic carbocycles. The molecule has 0 radical (unpaired) electrons. The number of carbonyl (C=O) groups excluding carboxylic acids is 1. The Morgan fingerprint density at radius 1 is 1.09 bits per heavy atom. The van der Waals surface area contributed by atoms with Gasteiger partial charge in [-0.15, -0.1) is 0 Å². The monoisotopic (exact) mass is 331 g/mol. The Bertz CT molecular complexity index is 336. The molecular formula is C17H33NO5. The molecule has 0 aromatic heterocycles. The van der Waals surface area contributed by atoms with Crippen LogP contribution in [0, 0.1) is 0 Å². The van der Waals surface area contributed by atoms with Crippen LogP contribution in [-0.2, 0) is 14.3 Å². The van der Waals surface area contributed by atoms with Crippen LogP contribution < -0.4 is 0 Å². The first-order chi connectivity index (χ1) is 10.8. The summed E-state index contributed by atoms with van der Waals surface area (Å²) in [5, 5.41) is 8.88. The fourth-order valence-corrected chi connectivity index (χ4v) is 2.25. The van der Waals surface area contributed by atoms with Gasteiger partial charge in [0.15, 0.2) is 0 Å². The number of ether oxygens (including phenoxy) is 2. The van der Waals surface area contributed by atoms with E-state index in [2.05, 4.69) is 0 Å². The summed E-state index contributed by atoms with van der Waals surface area (Å²) in [5.41, 5.74) is -0.581. The molecule has 1 amide bonds. The molecule has 2 aliphatic heterocycles. The number of aliphatic carboxylic acids is 1. The van der Waals surface area contributed by atoms with Crippen LogP contribution in [0.25, 0.3) is 0 Å². The summed E-state index contributed by atoms with van der Waals surface area (Å²) in [6.07, 6.45) is 4.62. The number of amides is 1. The predicted molar refractivity (Wildman–Crippen MR) is 89.6 cm³/mol. The Morgan fingerprint density at radius 3 is 2.00 bits per heavy atom. The largest absolute Gasteiger partial charge is 0.480 e. The first kappa shape index (κ1) is 21.7. The second-order valence-electron chi connectivity index (χ2n) is 6.34. The number of hydrogen-bond acceptors (Lipinski definition) is 4. The van der Waals surface area contributed by atoms with Crippen molar-refractivity contribution in [1.82, 2.24) is 4.90 Å². The number of rotatable bonds is 1. The van der Waals surface area contributed by atoms with Gasteiger partial charge in [0.2, 0.25) is 0 Å². The lowest BCUT2D eigenvalue weighted by molar-refractivity contribution is -0.142. The van der Waals surface area contributed by atoms with E-state index in [1.54, 1.807) is 20.8 Å². The van der Waals surface area contributed by atoms with E-state index in [9.17, 15) is 9.59 Å². The SMILES string of the molecule is C1CCOCC1.CC.CC(C)(C)OC(=O)N1CCCC1C(=O)O. The van der Waals surface area contributed by atoms with Gasteiger partial charge in [0.05, 0.1) is 0 Å². The summed E-state index contributed by atoms with van der Waals surface area (Å²) in [4.78, 5) is 23.7. The highest BCUT2D eigenvalue weighted by Gasteiger charge is 2.36. The summed E-state index contributed by atoms with van der Waals surface area (Å²) < 4.78 is 10.2. The molecule has 2 heterocycles. The van der Waals surface area contributed by atoms with Gasteiger partial charge in [-0.1, -0.05) is 13.8 Å². The molecular weight excluding hydrogens is 298 g/mol. The number of nitrogens with zero attached hydrogens (tertiary/aromatic N) is 1. The zero-order valence-electron chi connectivity index (χ0n) is 15.3. The van der Waals surface area contributed by atoms with Crippen LogP contribution in [-0.4, -0.2) is 53.5 Å². The zero-order valence-corrected chi connectivity index (χ0v) is 15.3. The second kappa shape index (κ2) is 11.3. The van der Waals surface area contributed by atoms with Crippen LogP contribution >= 0.6 is 0 Å². The smallest absolute Gasteiger partial charge is 0.411 e. The number of likely N-dealkylation sites (tertiary alicyclic amines) is 1. The van der Waals surface area contributed by atoms with Crippen LogP contribution in [0.4, 0.5) is 4.79 Å². The third-order valence-electron chi connectivity index (χ3n) is 3.24. The standard InChI is InChI=1S/C10H17NO4.C5H10O.C2H6/c1-10(2,3)15-9(14)11-6-4-5-7(11)8(12)13;1-2-4-6-5-3-1;1-2/h7H,4-6H2,1-3H3,(H,12,13);1-5H2;1-2H3. The van der Waals surface area contributed by atoms with Crippen molar-refractivity contribution in [2.45, 2.75) is 78.4 Å². The van der Waals surface area contributed by atoms with E-state index in [0.717, 1.165) is 19.6 Å². The van der Waals surface area contributed by atoms with Crippen molar-refractivity contribution in [3.63, 3.8) is 0 Å². The Kier molecular flexibility index (Phi) is 10.6. The first-order valence-corrected chi connectivity index (χ1v) is 8.61. The Hall–Kier alpha value is -1.30. The van der Waals surface area contributed by atoms with Crippen molar-refractivity contribution < 1.29 is 24.2 Å². The first-order valence-electron chi connectivity index (χ1n) is 8.61. The molecule has 23 heavy (non-hydrogen) atoms. The second-order valence-corrected chi connectivity index (χ2v) is 6.34. The van der Waals surface area contributed by atoms with Crippen molar-refractivity contribution in [3.8, 4) is 0 Å². The lowest BCUT2D eigenvalue weighted by Crippen LogP contribution is -2.43. The molecule has 0 spiro atoms. The van der Waals surface area contributed by atoms with E-state index >= 15 is 0 Å². The Balaban J connectivity index is 0.000000501. The van der Waals surface area contributed by atoms with Gasteiger partial charge in [0, 0.05) is 19.8 Å². The van der Waals surface area contributed by atoms with Crippen LogP contribution in [0.2, 0.25) is 0 Å². The lowest BCUT2D eigenvalue weighted by atomic mass is 10.2. The van der Waals surface area contributed by atoms with Crippen molar-refractivity contribution in [3.05, 3.63) is 0 Å². The fraction of sp³-hybridized carbons (Fsp3) is 0.882. The molecule has 2 aliphatic rings. The average molecular weight is 331 g/mol. The molecule has 136 valence electrons. The van der Waals surface area contributed by atoms with Crippen molar-refractivity contribution in [2.24, 2.45) is 0 Å². The van der Waals surface area contributed by atoms with E-state index in [4.69, 9.17) is 14.6 Å². The van der Waals surface area contributed by atoms with E-state index in [0.29, 0.717) is 13.0 Å². The van der Waals surface area contributed by atoms with Crippen LogP contribution in [0.1, 0.15) is 66.7 Å². The normalized spacial score (nSPS) is 20.6. The van der Waals surface area contributed by atoms with Gasteiger partial charge in [0.25, 0.3) is 0 Å². The van der Waals surface area contributed by atoms with Gasteiger partial charge >= 0.3 is 12.1 Å². The summed E-state index contributed by atoms with van der Waals surface area (Å²) in [6.45, 7) is 11.7. The maximum absolute atomic E-state index is 11.6. The van der Waals surface area contributed by atoms with Gasteiger partial charge < -0.3 is 14.6 Å². The Morgan fingerprint density at radius 2 is 1.65 bits per heavy atom. The third kappa shape index (κ3) is 9.43. The molecule has 0 aromatic carbocycles. The number of hydrogen-bond donors (Lipinski definition) is 1. The maximum Gasteiger partial charge on any atom is 0.411 e. The number of carbonyl (C=O) groups is 2. The lowest BCUT2D eigenvalue weighted by Gasteiger charge is -2.26. The van der Waals surface area contributed by atoms with Crippen molar-refractivity contribution in [1.29, 1.82) is 0 Å². The summed E-state index contributed by atoms with van der Waals surface area (Å²) in [6, 6.07) is -0.722. The van der Waals surface area contributed by atoms with Gasteiger partial charge in [-0.05, 0) is 52.9 Å². The Labute approximate surface area is 140 Å². The highest BCUT2D eigenvalue weighted by atomic mass is 16.6. The molecule has 1 unspecified atom stereocenters. The van der Waals surface area contributed by atoms with Crippen molar-refractivity contribution in [2.75, 3.05) is 19.8 Å². The molecule has 6 nitrogen and oxygen atoms in total. The third-order valence-corrected chi connectivity index (χ3v) is 3.24. The predicted octanol–water partition coefficient (Wildman–Crippen LogP) is 3.68. The number of carboxylic acids is 1. The van der Waals surface area contributed by atoms with Crippen molar-refractivity contribution >= 4 is 12.1 Å². The maximum atomic E-state index is 11.6. The summed E-state index contributed by atoms with van der Waals surface area (Å²) in [5.74, 6) is -0.960. The van der Waals surface area contributed by atoms with Gasteiger partial charge in [-0.25, -0.2) is 9.59 Å². The minimum absolute atomic E-state index is 0.464. The van der Waals surface area contributed by atoms with Crippen LogP contribution in [0.15, 0.2) is 0 Å². The fourth-order valence-electron chi connectivity index (χ4n) is 2.25. The molecule has 0 saturated carbocycles. The minimum Gasteiger partial charge on any atom is -0.480 e. The molecule has 2 rings (SSSR count). The molecule has 0 aromatic rings. The molecule has 1 N–H and O–H groups in total. The molecule has 2 saturated heterocycles. The molecule has 0 bridgehead atoms. The average Bonchev–Trinajstić information content (AvgIpc) is 3.00. The van der Waals surface area contributed by atoms with E-state index < -0.39 is 23.7 Å². The van der Waals surface area contributed by atoms with Crippen LogP contribution in [0.5, 0.6) is 0 Å². The topological polar surface area (TPSA) is 76.1 Å².